The van der Waals surface area contributed by atoms with Gasteiger partial charge in [0.05, 0.1) is 11.4 Å². The summed E-state index contributed by atoms with van der Waals surface area (Å²) >= 11 is 0. The number of hydrogen-bond acceptors (Lipinski definition) is 6. The summed E-state index contributed by atoms with van der Waals surface area (Å²) in [5, 5.41) is 14.5. The van der Waals surface area contributed by atoms with Crippen molar-refractivity contribution in [1.29, 1.82) is 0 Å². The summed E-state index contributed by atoms with van der Waals surface area (Å²) in [6.07, 6.45) is 0. The van der Waals surface area contributed by atoms with E-state index in [0.717, 1.165) is 0 Å². The smallest absolute Gasteiger partial charge is 0.357 e. The van der Waals surface area contributed by atoms with Gasteiger partial charge in [-0.05, 0) is 14.0 Å². The minimum atomic E-state index is -4.17. The van der Waals surface area contributed by atoms with Crippen LogP contribution in [0.3, 0.4) is 0 Å². The van der Waals surface area contributed by atoms with E-state index in [4.69, 9.17) is 5.11 Å². The van der Waals surface area contributed by atoms with Gasteiger partial charge in [-0.2, -0.15) is 5.10 Å². The lowest BCUT2D eigenvalue weighted by atomic mass is 10.4. The van der Waals surface area contributed by atoms with E-state index in [-0.39, 0.29) is 5.69 Å². The summed E-state index contributed by atoms with van der Waals surface area (Å²) in [7, 11) is -6.53. The van der Waals surface area contributed by atoms with Gasteiger partial charge in [-0.1, -0.05) is 0 Å². The normalized spacial score (nSPS) is 12.5. The van der Waals surface area contributed by atoms with Crippen LogP contribution in [0.15, 0.2) is 4.90 Å². The van der Waals surface area contributed by atoms with E-state index in [1.54, 1.807) is 0 Å². The molecule has 0 aliphatic carbocycles. The van der Waals surface area contributed by atoms with E-state index >= 15 is 0 Å². The van der Waals surface area contributed by atoms with Gasteiger partial charge < -0.3 is 5.11 Å². The van der Waals surface area contributed by atoms with Crippen LogP contribution >= 0.6 is 0 Å². The number of sulfonamides is 2. The fourth-order valence-corrected chi connectivity index (χ4v) is 3.43. The summed E-state index contributed by atoms with van der Waals surface area (Å²) < 4.78 is 50.3. The molecule has 12 heteroatoms. The quantitative estimate of drug-likeness (QED) is 0.462. The average Bonchev–Trinajstić information content (AvgIpc) is 2.71. The molecule has 1 heterocycles. The van der Waals surface area contributed by atoms with Crippen LogP contribution in [0.5, 0.6) is 0 Å². The first-order chi connectivity index (χ1) is 9.10. The maximum absolute atomic E-state index is 12.0. The van der Waals surface area contributed by atoms with Crippen LogP contribution in [-0.2, 0) is 20.0 Å². The number of aromatic carboxylic acids is 1. The van der Waals surface area contributed by atoms with Crippen molar-refractivity contribution in [3.05, 3.63) is 11.4 Å². The lowest BCUT2D eigenvalue weighted by molar-refractivity contribution is 0.0686. The largest absolute Gasteiger partial charge is 0.476 e. The number of nitrogens with zero attached hydrogens (tertiary/aromatic N) is 1. The van der Waals surface area contributed by atoms with Gasteiger partial charge in [-0.15, -0.1) is 0 Å². The first-order valence-corrected chi connectivity index (χ1v) is 8.43. The maximum atomic E-state index is 12.0. The van der Waals surface area contributed by atoms with E-state index in [1.807, 2.05) is 9.44 Å². The molecule has 4 N–H and O–H groups in total. The van der Waals surface area contributed by atoms with Gasteiger partial charge in [0, 0.05) is 6.54 Å². The van der Waals surface area contributed by atoms with Crippen LogP contribution in [0.25, 0.3) is 0 Å². The number of aryl methyl sites for hydroxylation is 1. The van der Waals surface area contributed by atoms with Crippen molar-refractivity contribution in [2.24, 2.45) is 0 Å². The van der Waals surface area contributed by atoms with Crippen LogP contribution < -0.4 is 9.44 Å². The van der Waals surface area contributed by atoms with E-state index in [9.17, 15) is 21.6 Å². The molecule has 1 aromatic rings. The Kier molecular flexibility index (Phi) is 4.86. The van der Waals surface area contributed by atoms with E-state index in [1.165, 1.54) is 14.0 Å². The second-order valence-corrected chi connectivity index (χ2v) is 7.50. The topological polar surface area (TPSA) is 158 Å². The number of H-pyrrole nitrogens is 1. The minimum absolute atomic E-state index is 0.0476. The molecule has 0 atom stereocenters. The summed E-state index contributed by atoms with van der Waals surface area (Å²) in [6, 6.07) is 0. The molecule has 10 nitrogen and oxygen atoms in total. The maximum Gasteiger partial charge on any atom is 0.357 e. The highest BCUT2D eigenvalue weighted by Crippen LogP contribution is 2.17. The molecular formula is C8H14N4O6S2. The first kappa shape index (κ1) is 16.6. The Morgan fingerprint density at radius 3 is 2.45 bits per heavy atom. The van der Waals surface area contributed by atoms with Crippen molar-refractivity contribution in [2.75, 3.05) is 19.3 Å². The molecule has 0 spiro atoms. The molecule has 20 heavy (non-hydrogen) atoms. The number of aromatic nitrogens is 2. The lowest BCUT2D eigenvalue weighted by Gasteiger charge is -2.07. The number of carboxylic acids is 1. The zero-order valence-corrected chi connectivity index (χ0v) is 12.3. The highest BCUT2D eigenvalue weighted by molar-refractivity contribution is 7.90. The SMILES string of the molecule is CNS(=O)(=O)CCNS(=O)(=O)c1c(C(=O)O)n[nH]c1C. The van der Waals surface area contributed by atoms with Gasteiger partial charge in [0.15, 0.2) is 5.69 Å². The Labute approximate surface area is 115 Å². The molecule has 1 rings (SSSR count). The minimum Gasteiger partial charge on any atom is -0.476 e. The molecule has 0 fully saturated rings. The fraction of sp³-hybridized carbons (Fsp3) is 0.500. The highest BCUT2D eigenvalue weighted by atomic mass is 32.2. The molecule has 0 aliphatic rings. The Bertz CT molecular complexity index is 705. The Morgan fingerprint density at radius 1 is 1.35 bits per heavy atom. The number of carboxylic acid groups (broad SMARTS) is 1. The van der Waals surface area contributed by atoms with Crippen LogP contribution in [0, 0.1) is 6.92 Å². The molecule has 0 unspecified atom stereocenters. The summed E-state index contributed by atoms with van der Waals surface area (Å²) in [5.74, 6) is -1.97. The number of carbonyl (C=O) groups is 1. The fourth-order valence-electron chi connectivity index (χ4n) is 1.38. The van der Waals surface area contributed by atoms with Gasteiger partial charge in [-0.25, -0.2) is 31.1 Å². The van der Waals surface area contributed by atoms with Crippen molar-refractivity contribution >= 4 is 26.0 Å². The van der Waals surface area contributed by atoms with E-state index in [0.29, 0.717) is 0 Å². The molecule has 0 amide bonds. The Hall–Kier alpha value is -1.50. The van der Waals surface area contributed by atoms with Crippen LogP contribution in [-0.4, -0.2) is 57.5 Å². The molecule has 0 saturated heterocycles. The van der Waals surface area contributed by atoms with Crippen LogP contribution in [0.1, 0.15) is 16.2 Å². The van der Waals surface area contributed by atoms with Gasteiger partial charge in [0.2, 0.25) is 20.0 Å². The van der Waals surface area contributed by atoms with Crippen LogP contribution in [0.4, 0.5) is 0 Å². The van der Waals surface area contributed by atoms with Gasteiger partial charge in [0.1, 0.15) is 4.90 Å². The number of nitrogens with one attached hydrogen (secondary N) is 3. The average molecular weight is 326 g/mol. The molecule has 114 valence electrons. The highest BCUT2D eigenvalue weighted by Gasteiger charge is 2.28. The van der Waals surface area contributed by atoms with Crippen LogP contribution in [0.2, 0.25) is 0 Å². The van der Waals surface area contributed by atoms with Crippen molar-refractivity contribution in [3.63, 3.8) is 0 Å². The molecular weight excluding hydrogens is 312 g/mol. The molecule has 1 aromatic heterocycles. The number of rotatable bonds is 7. The second-order valence-electron chi connectivity index (χ2n) is 3.75. The van der Waals surface area contributed by atoms with E-state index in [2.05, 4.69) is 10.2 Å². The Balaban J connectivity index is 2.96. The monoisotopic (exact) mass is 326 g/mol. The third-order valence-corrected chi connectivity index (χ3v) is 5.32. The van der Waals surface area contributed by atoms with Crippen molar-refractivity contribution in [1.82, 2.24) is 19.6 Å². The third kappa shape index (κ3) is 3.75. The number of aromatic amines is 1. The first-order valence-electron chi connectivity index (χ1n) is 5.30. The summed E-state index contributed by atoms with van der Waals surface area (Å²) in [4.78, 5) is 10.4. The zero-order valence-electron chi connectivity index (χ0n) is 10.7. The predicted octanol–water partition coefficient (Wildman–Crippen LogP) is -1.76. The third-order valence-electron chi connectivity index (χ3n) is 2.34. The number of hydrogen-bond donors (Lipinski definition) is 4. The molecule has 0 aromatic carbocycles. The van der Waals surface area contributed by atoms with Gasteiger partial charge in [-0.3, -0.25) is 5.10 Å². The van der Waals surface area contributed by atoms with Crippen molar-refractivity contribution in [2.45, 2.75) is 11.8 Å². The molecule has 0 bridgehead atoms. The summed E-state index contributed by atoms with van der Waals surface area (Å²) in [5.41, 5.74) is -0.599. The van der Waals surface area contributed by atoms with Crippen molar-refractivity contribution < 1.29 is 26.7 Å². The summed E-state index contributed by atoms with van der Waals surface area (Å²) in [6.45, 7) is 0.952. The molecule has 0 saturated carbocycles. The van der Waals surface area contributed by atoms with Gasteiger partial charge >= 0.3 is 5.97 Å². The van der Waals surface area contributed by atoms with Crippen molar-refractivity contribution in [3.8, 4) is 0 Å². The predicted molar refractivity (Wildman–Crippen MR) is 68.3 cm³/mol. The molecule has 0 aliphatic heterocycles. The standard InChI is InChI=1S/C8H14N4O6S2/c1-5-7(6(8(13)14)12-11-5)20(17,18)10-3-4-19(15,16)9-2/h9-10H,3-4H2,1-2H3,(H,11,12)(H,13,14). The lowest BCUT2D eigenvalue weighted by Crippen LogP contribution is -2.33. The Morgan fingerprint density at radius 2 is 1.95 bits per heavy atom. The van der Waals surface area contributed by atoms with E-state index < -0.39 is 48.9 Å². The second kappa shape index (κ2) is 5.87. The zero-order chi connectivity index (χ0) is 15.6. The molecule has 0 radical (unpaired) electrons. The van der Waals surface area contributed by atoms with Gasteiger partial charge in [0.25, 0.3) is 0 Å².